The second kappa shape index (κ2) is 8.02. The van der Waals surface area contributed by atoms with Crippen molar-refractivity contribution in [2.45, 2.75) is 51.9 Å². The van der Waals surface area contributed by atoms with Gasteiger partial charge in [0.15, 0.2) is 0 Å². The summed E-state index contributed by atoms with van der Waals surface area (Å²) in [6, 6.07) is 17.3. The van der Waals surface area contributed by atoms with E-state index in [0.717, 1.165) is 11.3 Å². The van der Waals surface area contributed by atoms with Crippen LogP contribution in [0.3, 0.4) is 0 Å². The fourth-order valence-electron chi connectivity index (χ4n) is 2.88. The Morgan fingerprint density at radius 2 is 1.50 bits per heavy atom. The van der Waals surface area contributed by atoms with E-state index in [1.54, 1.807) is 7.11 Å². The van der Waals surface area contributed by atoms with Crippen LogP contribution in [-0.2, 0) is 6.42 Å². The quantitative estimate of drug-likeness (QED) is 0.674. The van der Waals surface area contributed by atoms with Gasteiger partial charge in [-0.05, 0) is 41.0 Å². The lowest BCUT2D eigenvalue weighted by Gasteiger charge is -2.17. The Hall–Kier alpha value is -2.27. The highest BCUT2D eigenvalue weighted by atomic mass is 16.5. The van der Waals surface area contributed by atoms with Crippen molar-refractivity contribution in [2.24, 2.45) is 0 Å². The van der Waals surface area contributed by atoms with Crippen LogP contribution < -0.4 is 4.74 Å². The van der Waals surface area contributed by atoms with Gasteiger partial charge < -0.3 is 4.74 Å². The molecular formula is C22H27NO. The minimum atomic E-state index is -0.205. The van der Waals surface area contributed by atoms with Crippen LogP contribution in [0, 0.1) is 11.3 Å². The minimum Gasteiger partial charge on any atom is -0.496 e. The summed E-state index contributed by atoms with van der Waals surface area (Å²) in [6.07, 6.45) is 0.701. The van der Waals surface area contributed by atoms with Gasteiger partial charge in [-0.2, -0.15) is 5.26 Å². The van der Waals surface area contributed by atoms with E-state index in [-0.39, 0.29) is 5.92 Å². The Balaban J connectivity index is 2.31. The second-order valence-electron chi connectivity index (χ2n) is 6.94. The number of nitrogens with zero attached hydrogens (tertiary/aromatic N) is 1. The van der Waals surface area contributed by atoms with Crippen molar-refractivity contribution in [2.75, 3.05) is 7.11 Å². The first kappa shape index (κ1) is 18.1. The molecule has 2 aromatic carbocycles. The van der Waals surface area contributed by atoms with Gasteiger partial charge in [-0.15, -0.1) is 0 Å². The Bertz CT molecular complexity index is 708. The second-order valence-corrected chi connectivity index (χ2v) is 6.94. The van der Waals surface area contributed by atoms with Gasteiger partial charge in [0, 0.05) is 5.56 Å². The fourth-order valence-corrected chi connectivity index (χ4v) is 2.88. The summed E-state index contributed by atoms with van der Waals surface area (Å²) < 4.78 is 5.50. The first-order chi connectivity index (χ1) is 11.5. The van der Waals surface area contributed by atoms with Gasteiger partial charge in [0.05, 0.1) is 19.1 Å². The molecule has 0 aliphatic carbocycles. The summed E-state index contributed by atoms with van der Waals surface area (Å²) in [5.41, 5.74) is 4.73. The summed E-state index contributed by atoms with van der Waals surface area (Å²) in [6.45, 7) is 8.71. The molecule has 2 aromatic rings. The highest BCUT2D eigenvalue weighted by Crippen LogP contribution is 2.32. The van der Waals surface area contributed by atoms with Gasteiger partial charge in [-0.1, -0.05) is 64.1 Å². The molecule has 0 heterocycles. The average Bonchev–Trinajstić information content (AvgIpc) is 2.59. The van der Waals surface area contributed by atoms with Crippen LogP contribution in [0.4, 0.5) is 0 Å². The molecule has 0 fully saturated rings. The summed E-state index contributed by atoms with van der Waals surface area (Å²) in [5.74, 6) is 1.54. The van der Waals surface area contributed by atoms with Crippen molar-refractivity contribution in [1.29, 1.82) is 5.26 Å². The molecule has 1 unspecified atom stereocenters. The molecule has 0 spiro atoms. The molecule has 0 bridgehead atoms. The lowest BCUT2D eigenvalue weighted by atomic mass is 9.89. The number of hydrogen-bond donors (Lipinski definition) is 0. The zero-order valence-corrected chi connectivity index (χ0v) is 15.3. The molecule has 0 aromatic heterocycles. The Morgan fingerprint density at radius 1 is 0.917 bits per heavy atom. The highest BCUT2D eigenvalue weighted by molar-refractivity contribution is 5.44. The standard InChI is InChI=1S/C22H27NO/c1-15(2)18-8-6-17(7-9-18)12-20(14-23)21-13-19(16(3)4)10-11-22(21)24-5/h6-11,13,15-16,20H,12H2,1-5H3. The number of methoxy groups -OCH3 is 1. The largest absolute Gasteiger partial charge is 0.496 e. The summed E-state index contributed by atoms with van der Waals surface area (Å²) in [7, 11) is 1.67. The van der Waals surface area contributed by atoms with Gasteiger partial charge in [-0.25, -0.2) is 0 Å². The van der Waals surface area contributed by atoms with Gasteiger partial charge in [-0.3, -0.25) is 0 Å². The third-order valence-electron chi connectivity index (χ3n) is 4.54. The van der Waals surface area contributed by atoms with Crippen LogP contribution in [0.5, 0.6) is 5.75 Å². The molecule has 0 amide bonds. The van der Waals surface area contributed by atoms with Crippen LogP contribution >= 0.6 is 0 Å². The SMILES string of the molecule is COc1ccc(C(C)C)cc1C(C#N)Cc1ccc(C(C)C)cc1. The maximum Gasteiger partial charge on any atom is 0.123 e. The molecule has 24 heavy (non-hydrogen) atoms. The lowest BCUT2D eigenvalue weighted by Crippen LogP contribution is -2.05. The van der Waals surface area contributed by atoms with Crippen molar-refractivity contribution in [3.8, 4) is 11.8 Å². The van der Waals surface area contributed by atoms with E-state index in [4.69, 9.17) is 4.74 Å². The molecule has 2 nitrogen and oxygen atoms in total. The number of nitriles is 1. The first-order valence-corrected chi connectivity index (χ1v) is 8.62. The van der Waals surface area contributed by atoms with Crippen molar-refractivity contribution in [1.82, 2.24) is 0 Å². The van der Waals surface area contributed by atoms with Gasteiger partial charge >= 0.3 is 0 Å². The Morgan fingerprint density at radius 3 is 2.00 bits per heavy atom. The van der Waals surface area contributed by atoms with Crippen LogP contribution in [-0.4, -0.2) is 7.11 Å². The molecule has 1 atom stereocenters. The molecule has 126 valence electrons. The Kier molecular flexibility index (Phi) is 6.04. The van der Waals surface area contributed by atoms with Crippen molar-refractivity contribution >= 4 is 0 Å². The molecule has 0 saturated heterocycles. The average molecular weight is 321 g/mol. The smallest absolute Gasteiger partial charge is 0.123 e. The number of benzene rings is 2. The molecular weight excluding hydrogens is 294 g/mol. The number of hydrogen-bond acceptors (Lipinski definition) is 2. The molecule has 2 rings (SSSR count). The van der Waals surface area contributed by atoms with Crippen molar-refractivity contribution in [3.63, 3.8) is 0 Å². The van der Waals surface area contributed by atoms with Crippen LogP contribution in [0.2, 0.25) is 0 Å². The minimum absolute atomic E-state index is 0.205. The molecule has 2 heteroatoms. The molecule has 0 aliphatic heterocycles. The summed E-state index contributed by atoms with van der Waals surface area (Å²) >= 11 is 0. The van der Waals surface area contributed by atoms with E-state index in [0.29, 0.717) is 18.3 Å². The molecule has 0 saturated carbocycles. The van der Waals surface area contributed by atoms with Crippen LogP contribution in [0.15, 0.2) is 42.5 Å². The molecule has 0 radical (unpaired) electrons. The third-order valence-corrected chi connectivity index (χ3v) is 4.54. The van der Waals surface area contributed by atoms with Crippen LogP contribution in [0.1, 0.15) is 67.7 Å². The van der Waals surface area contributed by atoms with E-state index in [9.17, 15) is 5.26 Å². The van der Waals surface area contributed by atoms with Crippen LogP contribution in [0.25, 0.3) is 0 Å². The summed E-state index contributed by atoms with van der Waals surface area (Å²) in [5, 5.41) is 9.73. The monoisotopic (exact) mass is 321 g/mol. The maximum atomic E-state index is 9.73. The zero-order chi connectivity index (χ0) is 17.7. The van der Waals surface area contributed by atoms with Crippen molar-refractivity contribution in [3.05, 3.63) is 64.7 Å². The highest BCUT2D eigenvalue weighted by Gasteiger charge is 2.18. The fraction of sp³-hybridized carbons (Fsp3) is 0.409. The van der Waals surface area contributed by atoms with E-state index in [1.807, 2.05) is 6.07 Å². The van der Waals surface area contributed by atoms with E-state index < -0.39 is 0 Å². The Labute approximate surface area is 146 Å². The maximum absolute atomic E-state index is 9.73. The number of rotatable bonds is 6. The normalized spacial score (nSPS) is 12.2. The van der Waals surface area contributed by atoms with Gasteiger partial charge in [0.2, 0.25) is 0 Å². The van der Waals surface area contributed by atoms with E-state index in [2.05, 4.69) is 70.2 Å². The third kappa shape index (κ3) is 4.17. The predicted octanol–water partition coefficient (Wildman–Crippen LogP) is 5.79. The zero-order valence-electron chi connectivity index (χ0n) is 15.3. The van der Waals surface area contributed by atoms with E-state index >= 15 is 0 Å². The molecule has 0 aliphatic rings. The molecule has 0 N–H and O–H groups in total. The number of ether oxygens (including phenoxy) is 1. The van der Waals surface area contributed by atoms with E-state index in [1.165, 1.54) is 16.7 Å². The topological polar surface area (TPSA) is 33.0 Å². The summed E-state index contributed by atoms with van der Waals surface area (Å²) in [4.78, 5) is 0. The predicted molar refractivity (Wildman–Crippen MR) is 99.7 cm³/mol. The van der Waals surface area contributed by atoms with Gasteiger partial charge in [0.1, 0.15) is 5.75 Å². The van der Waals surface area contributed by atoms with Crippen molar-refractivity contribution < 1.29 is 4.74 Å². The first-order valence-electron chi connectivity index (χ1n) is 8.62. The lowest BCUT2D eigenvalue weighted by molar-refractivity contribution is 0.407. The van der Waals surface area contributed by atoms with Gasteiger partial charge in [0.25, 0.3) is 0 Å².